The normalized spacial score (nSPS) is 14.9. The van der Waals surface area contributed by atoms with Gasteiger partial charge in [-0.15, -0.1) is 0 Å². The molecular formula is C11H22O4S. The van der Waals surface area contributed by atoms with Crippen molar-refractivity contribution in [2.24, 2.45) is 0 Å². The molecule has 2 atom stereocenters. The molecule has 0 aromatic rings. The summed E-state index contributed by atoms with van der Waals surface area (Å²) >= 11 is 1.55. The van der Waals surface area contributed by atoms with Crippen LogP contribution < -0.4 is 0 Å². The van der Waals surface area contributed by atoms with Gasteiger partial charge in [0.25, 0.3) is 0 Å². The van der Waals surface area contributed by atoms with Crippen LogP contribution in [0, 0.1) is 0 Å². The zero-order chi connectivity index (χ0) is 12.6. The molecule has 0 aliphatic carbocycles. The van der Waals surface area contributed by atoms with Gasteiger partial charge in [-0.2, -0.15) is 11.8 Å². The van der Waals surface area contributed by atoms with Crippen molar-refractivity contribution in [1.29, 1.82) is 0 Å². The Morgan fingerprint density at radius 1 is 1.38 bits per heavy atom. The first kappa shape index (κ1) is 15.7. The van der Waals surface area contributed by atoms with E-state index in [0.29, 0.717) is 18.8 Å². The molecular weight excluding hydrogens is 228 g/mol. The van der Waals surface area contributed by atoms with Gasteiger partial charge in [-0.05, 0) is 13.8 Å². The van der Waals surface area contributed by atoms with E-state index in [0.717, 1.165) is 0 Å². The number of hydrogen-bond acceptors (Lipinski definition) is 5. The van der Waals surface area contributed by atoms with E-state index in [9.17, 15) is 9.90 Å². The summed E-state index contributed by atoms with van der Waals surface area (Å²) in [6.45, 7) is 6.15. The van der Waals surface area contributed by atoms with Gasteiger partial charge in [0.1, 0.15) is 0 Å². The van der Waals surface area contributed by atoms with Crippen LogP contribution in [0.3, 0.4) is 0 Å². The highest BCUT2D eigenvalue weighted by molar-refractivity contribution is 7.99. The van der Waals surface area contributed by atoms with Gasteiger partial charge in [-0.1, -0.05) is 6.92 Å². The molecule has 0 aromatic heterocycles. The Labute approximate surface area is 102 Å². The first-order valence-electron chi connectivity index (χ1n) is 5.43. The molecule has 0 fully saturated rings. The fraction of sp³-hybridized carbons (Fsp3) is 0.909. The monoisotopic (exact) mass is 250 g/mol. The summed E-state index contributed by atoms with van der Waals surface area (Å²) in [4.78, 5) is 11.0. The van der Waals surface area contributed by atoms with Gasteiger partial charge in [0.05, 0.1) is 32.3 Å². The van der Waals surface area contributed by atoms with Crippen molar-refractivity contribution < 1.29 is 19.4 Å². The molecule has 0 rings (SSSR count). The number of carbonyl (C=O) groups is 1. The molecule has 0 saturated heterocycles. The third-order valence-electron chi connectivity index (χ3n) is 1.88. The minimum atomic E-state index is -0.479. The number of aliphatic hydroxyl groups excluding tert-OH is 1. The quantitative estimate of drug-likeness (QED) is 0.661. The molecule has 0 aliphatic rings. The smallest absolute Gasteiger partial charge is 0.306 e. The van der Waals surface area contributed by atoms with Crippen LogP contribution in [0.25, 0.3) is 0 Å². The van der Waals surface area contributed by atoms with Gasteiger partial charge < -0.3 is 14.6 Å². The molecule has 0 amide bonds. The van der Waals surface area contributed by atoms with Crippen LogP contribution in [0.2, 0.25) is 0 Å². The van der Waals surface area contributed by atoms with Gasteiger partial charge in [0.15, 0.2) is 0 Å². The first-order chi connectivity index (χ1) is 7.45. The third kappa shape index (κ3) is 9.00. The van der Waals surface area contributed by atoms with E-state index in [4.69, 9.17) is 4.74 Å². The molecule has 1 N–H and O–H groups in total. The molecule has 0 spiro atoms. The minimum Gasteiger partial charge on any atom is -0.469 e. The Bertz CT molecular complexity index is 196. The molecule has 4 nitrogen and oxygen atoms in total. The van der Waals surface area contributed by atoms with Gasteiger partial charge in [-0.25, -0.2) is 0 Å². The summed E-state index contributed by atoms with van der Waals surface area (Å²) in [6, 6.07) is 0. The fourth-order valence-corrected chi connectivity index (χ4v) is 1.90. The zero-order valence-corrected chi connectivity index (χ0v) is 11.3. The summed E-state index contributed by atoms with van der Waals surface area (Å²) in [5, 5.41) is 9.73. The number of thioether (sulfide) groups is 1. The Hall–Kier alpha value is -0.260. The van der Waals surface area contributed by atoms with Gasteiger partial charge in [0, 0.05) is 11.0 Å². The predicted molar refractivity (Wildman–Crippen MR) is 65.6 cm³/mol. The highest BCUT2D eigenvalue weighted by Gasteiger charge is 2.12. The highest BCUT2D eigenvalue weighted by atomic mass is 32.2. The number of aliphatic hydroxyl groups is 1. The number of rotatable bonds is 8. The van der Waals surface area contributed by atoms with Gasteiger partial charge >= 0.3 is 5.97 Å². The SMILES string of the molecule is COC(=O)CC(C)SCC(O)COC(C)C. The topological polar surface area (TPSA) is 55.8 Å². The molecule has 5 heteroatoms. The van der Waals surface area contributed by atoms with Crippen molar-refractivity contribution in [2.75, 3.05) is 19.5 Å². The summed E-state index contributed by atoms with van der Waals surface area (Å²) < 4.78 is 9.85. The second-order valence-corrected chi connectivity index (χ2v) is 5.43. The van der Waals surface area contributed by atoms with Crippen LogP contribution in [0.4, 0.5) is 0 Å². The molecule has 2 unspecified atom stereocenters. The average molecular weight is 250 g/mol. The number of esters is 1. The van der Waals surface area contributed by atoms with Crippen molar-refractivity contribution in [1.82, 2.24) is 0 Å². The summed E-state index contributed by atoms with van der Waals surface area (Å²) in [6.07, 6.45) is 0.0264. The number of methoxy groups -OCH3 is 1. The maximum atomic E-state index is 11.0. The molecule has 0 aliphatic heterocycles. The molecule has 0 aromatic carbocycles. The highest BCUT2D eigenvalue weighted by Crippen LogP contribution is 2.15. The van der Waals surface area contributed by atoms with E-state index < -0.39 is 6.10 Å². The van der Waals surface area contributed by atoms with Gasteiger partial charge in [0.2, 0.25) is 0 Å². The van der Waals surface area contributed by atoms with Crippen molar-refractivity contribution >= 4 is 17.7 Å². The Morgan fingerprint density at radius 2 is 2.00 bits per heavy atom. The van der Waals surface area contributed by atoms with Crippen LogP contribution in [0.5, 0.6) is 0 Å². The first-order valence-corrected chi connectivity index (χ1v) is 6.48. The summed E-state index contributed by atoms with van der Waals surface area (Å²) in [7, 11) is 1.38. The molecule has 16 heavy (non-hydrogen) atoms. The van der Waals surface area contributed by atoms with Crippen LogP contribution in [0.1, 0.15) is 27.2 Å². The third-order valence-corrected chi connectivity index (χ3v) is 3.19. The Morgan fingerprint density at radius 3 is 2.50 bits per heavy atom. The van der Waals surface area contributed by atoms with Crippen LogP contribution in [0.15, 0.2) is 0 Å². The second-order valence-electron chi connectivity index (χ2n) is 3.96. The van der Waals surface area contributed by atoms with E-state index in [1.165, 1.54) is 7.11 Å². The van der Waals surface area contributed by atoms with Crippen molar-refractivity contribution in [3.05, 3.63) is 0 Å². The van der Waals surface area contributed by atoms with Crippen LogP contribution >= 0.6 is 11.8 Å². The molecule has 96 valence electrons. The standard InChI is InChI=1S/C11H22O4S/c1-8(2)15-6-10(12)7-16-9(3)5-11(13)14-4/h8-10,12H,5-7H2,1-4H3. The zero-order valence-electron chi connectivity index (χ0n) is 10.4. The van der Waals surface area contributed by atoms with Crippen molar-refractivity contribution in [3.8, 4) is 0 Å². The summed E-state index contributed by atoms with van der Waals surface area (Å²) in [5.74, 6) is 0.359. The number of hydrogen-bond donors (Lipinski definition) is 1. The number of carbonyl (C=O) groups excluding carboxylic acids is 1. The van der Waals surface area contributed by atoms with E-state index in [-0.39, 0.29) is 17.3 Å². The molecule has 0 radical (unpaired) electrons. The second kappa shape index (κ2) is 8.84. The lowest BCUT2D eigenvalue weighted by Crippen LogP contribution is -2.22. The van der Waals surface area contributed by atoms with E-state index in [1.807, 2.05) is 20.8 Å². The van der Waals surface area contributed by atoms with Crippen LogP contribution in [-0.2, 0) is 14.3 Å². The summed E-state index contributed by atoms with van der Waals surface area (Å²) in [5.41, 5.74) is 0. The van der Waals surface area contributed by atoms with Crippen LogP contribution in [-0.4, -0.2) is 48.0 Å². The largest absolute Gasteiger partial charge is 0.469 e. The van der Waals surface area contributed by atoms with Crippen molar-refractivity contribution in [2.45, 2.75) is 44.6 Å². The molecule has 0 bridgehead atoms. The lowest BCUT2D eigenvalue weighted by atomic mass is 10.3. The number of ether oxygens (including phenoxy) is 2. The predicted octanol–water partition coefficient (Wildman–Crippen LogP) is 1.46. The maximum Gasteiger partial charge on any atom is 0.306 e. The Kier molecular flexibility index (Phi) is 8.70. The lowest BCUT2D eigenvalue weighted by Gasteiger charge is -2.15. The molecule has 0 saturated carbocycles. The van der Waals surface area contributed by atoms with Crippen molar-refractivity contribution in [3.63, 3.8) is 0 Å². The Balaban J connectivity index is 3.58. The average Bonchev–Trinajstić information content (AvgIpc) is 2.23. The van der Waals surface area contributed by atoms with Gasteiger partial charge in [-0.3, -0.25) is 4.79 Å². The fourth-order valence-electron chi connectivity index (χ4n) is 1.00. The molecule has 0 heterocycles. The maximum absolute atomic E-state index is 11.0. The lowest BCUT2D eigenvalue weighted by molar-refractivity contribution is -0.140. The van der Waals surface area contributed by atoms with E-state index in [2.05, 4.69) is 4.74 Å². The van der Waals surface area contributed by atoms with E-state index in [1.54, 1.807) is 11.8 Å². The van der Waals surface area contributed by atoms with E-state index >= 15 is 0 Å². The minimum absolute atomic E-state index is 0.132.